The highest BCUT2D eigenvalue weighted by molar-refractivity contribution is 5.97. The molecule has 1 aliphatic heterocycles. The van der Waals surface area contributed by atoms with Gasteiger partial charge in [0, 0.05) is 19.0 Å². The summed E-state index contributed by atoms with van der Waals surface area (Å²) in [5, 5.41) is 21.0. The van der Waals surface area contributed by atoms with Crippen LogP contribution < -0.4 is 38.1 Å². The quantitative estimate of drug-likeness (QED) is 0.107. The largest absolute Gasteiger partial charge is 0.490 e. The summed E-state index contributed by atoms with van der Waals surface area (Å²) in [6, 6.07) is 5.76. The van der Waals surface area contributed by atoms with Crippen molar-refractivity contribution in [2.45, 2.75) is 89.6 Å². The molecular formula is C30H45F3N8O7. The number of nitrogens with two attached hydrogens (primary N) is 2. The molecule has 1 fully saturated rings. The van der Waals surface area contributed by atoms with Crippen LogP contribution in [0.4, 0.5) is 13.2 Å². The predicted octanol–water partition coefficient (Wildman–Crippen LogP) is 0.351. The minimum absolute atomic E-state index is 0.0941. The highest BCUT2D eigenvalue weighted by atomic mass is 19.4. The number of carbonyl (C=O) groups is 6. The third-order valence-electron chi connectivity index (χ3n) is 7.11. The van der Waals surface area contributed by atoms with Gasteiger partial charge in [-0.05, 0) is 44.6 Å². The number of nitrogens with zero attached hydrogens (tertiary/aromatic N) is 1. The molecule has 268 valence electrons. The van der Waals surface area contributed by atoms with Crippen molar-refractivity contribution in [3.63, 3.8) is 0 Å². The first-order chi connectivity index (χ1) is 22.3. The molecule has 0 bridgehead atoms. The van der Waals surface area contributed by atoms with Crippen molar-refractivity contribution >= 4 is 41.5 Å². The fourth-order valence-corrected chi connectivity index (χ4v) is 4.31. The molecule has 0 spiro atoms. The lowest BCUT2D eigenvalue weighted by molar-refractivity contribution is -0.192. The molecule has 0 saturated carbocycles. The molecular weight excluding hydrogens is 641 g/mol. The lowest BCUT2D eigenvalue weighted by atomic mass is 9.92. The topological polar surface area (TPSA) is 247 Å². The Bertz CT molecular complexity index is 1310. The molecule has 1 saturated heterocycles. The molecule has 0 unspecified atom stereocenters. The maximum atomic E-state index is 13.6. The van der Waals surface area contributed by atoms with Crippen molar-refractivity contribution < 1.29 is 47.0 Å². The third-order valence-corrected chi connectivity index (χ3v) is 7.11. The Labute approximate surface area is 276 Å². The van der Waals surface area contributed by atoms with Crippen LogP contribution in [0.3, 0.4) is 0 Å². The van der Waals surface area contributed by atoms with E-state index in [4.69, 9.17) is 21.4 Å². The van der Waals surface area contributed by atoms with Crippen molar-refractivity contribution in [1.82, 2.24) is 26.6 Å². The number of carboxylic acid groups (broad SMARTS) is 1. The van der Waals surface area contributed by atoms with Gasteiger partial charge in [-0.25, -0.2) is 4.79 Å². The normalized spacial score (nSPS) is 22.6. The highest BCUT2D eigenvalue weighted by Crippen LogP contribution is 2.18. The van der Waals surface area contributed by atoms with E-state index in [1.54, 1.807) is 58.0 Å². The molecule has 0 aliphatic carbocycles. The molecule has 1 aliphatic rings. The van der Waals surface area contributed by atoms with Crippen LogP contribution in [0.5, 0.6) is 0 Å². The van der Waals surface area contributed by atoms with Crippen molar-refractivity contribution in [3.8, 4) is 0 Å². The summed E-state index contributed by atoms with van der Waals surface area (Å²) in [4.78, 5) is 79.0. The van der Waals surface area contributed by atoms with Crippen LogP contribution in [0.15, 0.2) is 35.3 Å². The van der Waals surface area contributed by atoms with Gasteiger partial charge in [0.2, 0.25) is 29.5 Å². The Kier molecular flexibility index (Phi) is 16.3. The van der Waals surface area contributed by atoms with Crippen LogP contribution in [-0.2, 0) is 28.8 Å². The van der Waals surface area contributed by atoms with Crippen LogP contribution in [0.2, 0.25) is 0 Å². The molecule has 2 rings (SSSR count). The molecule has 4 atom stereocenters. The van der Waals surface area contributed by atoms with E-state index in [0.29, 0.717) is 18.4 Å². The SMILES string of the molecule is CC[C@@H]1NC(=O)[C@H](CCCN=C(N)N)NC(=O)[C@](C)(NC(=O)C(C)C)CCCNC(=O)[C@@H](c2ccccc2)NC1=O.O=C(O)C(F)(F)F. The number of hydrogen-bond donors (Lipinski definition) is 8. The molecule has 5 amide bonds. The number of carbonyl (C=O) groups excluding carboxylic acids is 5. The summed E-state index contributed by atoms with van der Waals surface area (Å²) in [6.07, 6.45) is -3.80. The average Bonchev–Trinajstić information content (AvgIpc) is 3.01. The summed E-state index contributed by atoms with van der Waals surface area (Å²) in [5.74, 6) is -5.69. The fraction of sp³-hybridized carbons (Fsp3) is 0.567. The van der Waals surface area contributed by atoms with Crippen molar-refractivity contribution in [2.75, 3.05) is 13.1 Å². The van der Waals surface area contributed by atoms with E-state index >= 15 is 0 Å². The molecule has 0 aromatic heterocycles. The summed E-state index contributed by atoms with van der Waals surface area (Å²) >= 11 is 0. The molecule has 48 heavy (non-hydrogen) atoms. The van der Waals surface area contributed by atoms with E-state index in [-0.39, 0.29) is 50.1 Å². The number of aliphatic imine (C=N–C) groups is 1. The lowest BCUT2D eigenvalue weighted by Crippen LogP contribution is -2.61. The van der Waals surface area contributed by atoms with Crippen molar-refractivity contribution in [1.29, 1.82) is 0 Å². The monoisotopic (exact) mass is 686 g/mol. The summed E-state index contributed by atoms with van der Waals surface area (Å²) in [7, 11) is 0. The van der Waals surface area contributed by atoms with E-state index < -0.39 is 59.4 Å². The molecule has 0 radical (unpaired) electrons. The van der Waals surface area contributed by atoms with Crippen LogP contribution in [0.1, 0.15) is 71.4 Å². The molecule has 18 heteroatoms. The van der Waals surface area contributed by atoms with Crippen LogP contribution in [0, 0.1) is 5.92 Å². The Hall–Kier alpha value is -4.90. The molecule has 1 aromatic carbocycles. The number of alkyl halides is 3. The first-order valence-electron chi connectivity index (χ1n) is 15.2. The Balaban J connectivity index is 0.00000148. The standard InChI is InChI=1S/C28H44N8O5.C2HF3O2/c1-5-19-23(38)35-21(18-11-7-6-8-12-18)25(40)31-16-10-14-28(4,36-22(37)17(2)3)26(41)34-20(24(39)33-19)13-9-15-32-27(29)30;3-2(4,5)1(6)7/h6-8,11-12,17,19-21H,5,9-10,13-16H2,1-4H3,(H,31,40)(H,33,39)(H,34,41)(H,35,38)(H,36,37)(H4,29,30,32);(H,6,7)/t19-,20-,21+,28+;/m0./s1. The van der Waals surface area contributed by atoms with Gasteiger partial charge in [-0.3, -0.25) is 29.0 Å². The van der Waals surface area contributed by atoms with Crippen molar-refractivity contribution in [3.05, 3.63) is 35.9 Å². The number of halogens is 3. The zero-order chi connectivity index (χ0) is 36.7. The second-order valence-corrected chi connectivity index (χ2v) is 11.5. The Morgan fingerprint density at radius 2 is 1.60 bits per heavy atom. The van der Waals surface area contributed by atoms with E-state index in [1.165, 1.54) is 0 Å². The first kappa shape index (κ1) is 41.1. The van der Waals surface area contributed by atoms with E-state index in [2.05, 4.69) is 31.6 Å². The number of guanidine groups is 1. The predicted molar refractivity (Wildman–Crippen MR) is 169 cm³/mol. The zero-order valence-electron chi connectivity index (χ0n) is 27.3. The maximum Gasteiger partial charge on any atom is 0.490 e. The van der Waals surface area contributed by atoms with Gasteiger partial charge in [-0.15, -0.1) is 0 Å². The van der Waals surface area contributed by atoms with Crippen LogP contribution in [0.25, 0.3) is 0 Å². The lowest BCUT2D eigenvalue weighted by Gasteiger charge is -2.32. The smallest absolute Gasteiger partial charge is 0.475 e. The zero-order valence-corrected chi connectivity index (χ0v) is 27.3. The summed E-state index contributed by atoms with van der Waals surface area (Å²) in [6.45, 7) is 7.15. The molecule has 10 N–H and O–H groups in total. The highest BCUT2D eigenvalue weighted by Gasteiger charge is 2.39. The van der Waals surface area contributed by atoms with Gasteiger partial charge in [0.1, 0.15) is 23.7 Å². The minimum Gasteiger partial charge on any atom is -0.475 e. The molecule has 1 aromatic rings. The first-order valence-corrected chi connectivity index (χ1v) is 15.2. The minimum atomic E-state index is -5.08. The number of benzene rings is 1. The summed E-state index contributed by atoms with van der Waals surface area (Å²) < 4.78 is 31.7. The van der Waals surface area contributed by atoms with Gasteiger partial charge in [-0.2, -0.15) is 13.2 Å². The van der Waals surface area contributed by atoms with Gasteiger partial charge in [0.05, 0.1) is 0 Å². The third kappa shape index (κ3) is 13.8. The van der Waals surface area contributed by atoms with Gasteiger partial charge >= 0.3 is 12.1 Å². The number of hydrogen-bond acceptors (Lipinski definition) is 7. The molecule has 1 heterocycles. The summed E-state index contributed by atoms with van der Waals surface area (Å²) in [5.41, 5.74) is 10.0. The van der Waals surface area contributed by atoms with Gasteiger partial charge in [0.25, 0.3) is 0 Å². The van der Waals surface area contributed by atoms with Gasteiger partial charge in [0.15, 0.2) is 5.96 Å². The van der Waals surface area contributed by atoms with E-state index in [0.717, 1.165) is 0 Å². The van der Waals surface area contributed by atoms with Gasteiger partial charge < -0.3 is 43.2 Å². The maximum absolute atomic E-state index is 13.6. The number of aliphatic carboxylic acids is 1. The van der Waals surface area contributed by atoms with E-state index in [1.807, 2.05) is 0 Å². The average molecular weight is 687 g/mol. The van der Waals surface area contributed by atoms with Crippen LogP contribution in [-0.4, -0.2) is 83.5 Å². The Morgan fingerprint density at radius 1 is 1.02 bits per heavy atom. The molecule has 15 nitrogen and oxygen atoms in total. The number of nitrogens with one attached hydrogen (secondary N) is 5. The van der Waals surface area contributed by atoms with Crippen LogP contribution >= 0.6 is 0 Å². The number of rotatable bonds is 8. The fourth-order valence-electron chi connectivity index (χ4n) is 4.31. The van der Waals surface area contributed by atoms with Crippen molar-refractivity contribution in [2.24, 2.45) is 22.4 Å². The second kappa shape index (κ2) is 19.0. The van der Waals surface area contributed by atoms with E-state index in [9.17, 15) is 37.1 Å². The number of amides is 5. The Morgan fingerprint density at radius 3 is 2.12 bits per heavy atom. The second-order valence-electron chi connectivity index (χ2n) is 11.5. The van der Waals surface area contributed by atoms with Gasteiger partial charge in [-0.1, -0.05) is 51.1 Å². The number of carboxylic acids is 1.